The number of carbonyl (C=O) groups excluding carboxylic acids is 1. The average molecular weight is 418 g/mol. The largest absolute Gasteiger partial charge is 0.496 e. The number of ether oxygens (including phenoxy) is 2. The molecule has 3 rings (SSSR count). The number of hydrogen-bond donors (Lipinski definition) is 0. The molecule has 2 heterocycles. The Hall–Kier alpha value is -2.74. The third-order valence-electron chi connectivity index (χ3n) is 3.54. The highest BCUT2D eigenvalue weighted by Crippen LogP contribution is 2.23. The van der Waals surface area contributed by atoms with E-state index in [9.17, 15) is 4.79 Å². The summed E-state index contributed by atoms with van der Waals surface area (Å²) in [7, 11) is 1.57. The van der Waals surface area contributed by atoms with Gasteiger partial charge >= 0.3 is 5.97 Å². The Morgan fingerprint density at radius 2 is 2.15 bits per heavy atom. The quantitative estimate of drug-likeness (QED) is 0.542. The number of benzene rings is 1. The minimum atomic E-state index is -0.357. The van der Waals surface area contributed by atoms with Crippen LogP contribution in [0, 0.1) is 0 Å². The van der Waals surface area contributed by atoms with E-state index < -0.39 is 0 Å². The maximum atomic E-state index is 12.0. The molecule has 2 aromatic heterocycles. The zero-order chi connectivity index (χ0) is 18.4. The second kappa shape index (κ2) is 8.57. The molecule has 0 bridgehead atoms. The van der Waals surface area contributed by atoms with E-state index in [4.69, 9.17) is 14.0 Å². The summed E-state index contributed by atoms with van der Waals surface area (Å²) in [6.45, 7) is 0.129. The van der Waals surface area contributed by atoms with Crippen LogP contribution in [0.2, 0.25) is 0 Å². The normalized spacial score (nSPS) is 10.5. The summed E-state index contributed by atoms with van der Waals surface area (Å²) in [5.41, 5.74) is 1.40. The van der Waals surface area contributed by atoms with Crippen molar-refractivity contribution in [1.29, 1.82) is 0 Å². The predicted octanol–water partition coefficient (Wildman–Crippen LogP) is 3.58. The third kappa shape index (κ3) is 4.66. The number of rotatable bonds is 7. The van der Waals surface area contributed by atoms with Gasteiger partial charge in [-0.25, -0.2) is 0 Å². The van der Waals surface area contributed by atoms with E-state index in [0.29, 0.717) is 29.6 Å². The van der Waals surface area contributed by atoms with Crippen molar-refractivity contribution in [3.63, 3.8) is 0 Å². The highest BCUT2D eigenvalue weighted by molar-refractivity contribution is 9.10. The van der Waals surface area contributed by atoms with Gasteiger partial charge < -0.3 is 14.0 Å². The molecule has 0 atom stereocenters. The summed E-state index contributed by atoms with van der Waals surface area (Å²) >= 11 is 3.39. The lowest BCUT2D eigenvalue weighted by Gasteiger charge is -2.09. The number of halogens is 1. The second-order valence-electron chi connectivity index (χ2n) is 5.34. The molecule has 7 nitrogen and oxygen atoms in total. The van der Waals surface area contributed by atoms with Crippen LogP contribution in [0.3, 0.4) is 0 Å². The Bertz CT molecular complexity index is 883. The molecule has 8 heteroatoms. The molecule has 0 aliphatic heterocycles. The monoisotopic (exact) mass is 417 g/mol. The van der Waals surface area contributed by atoms with Crippen molar-refractivity contribution in [1.82, 2.24) is 15.1 Å². The van der Waals surface area contributed by atoms with Crippen molar-refractivity contribution in [2.75, 3.05) is 7.11 Å². The van der Waals surface area contributed by atoms with Crippen LogP contribution in [-0.2, 0) is 22.6 Å². The van der Waals surface area contributed by atoms with E-state index in [-0.39, 0.29) is 19.0 Å². The number of carbonyl (C=O) groups is 1. The molecule has 0 fully saturated rings. The summed E-state index contributed by atoms with van der Waals surface area (Å²) in [6.07, 6.45) is 2.09. The summed E-state index contributed by atoms with van der Waals surface area (Å²) in [6, 6.07) is 11.0. The Balaban J connectivity index is 1.52. The van der Waals surface area contributed by atoms with Gasteiger partial charge in [0.25, 0.3) is 0 Å². The minimum absolute atomic E-state index is 0.129. The summed E-state index contributed by atoms with van der Waals surface area (Å²) < 4.78 is 16.6. The Morgan fingerprint density at radius 1 is 1.27 bits per heavy atom. The van der Waals surface area contributed by atoms with Gasteiger partial charge in [0.05, 0.1) is 13.5 Å². The van der Waals surface area contributed by atoms with Crippen molar-refractivity contribution in [3.8, 4) is 17.3 Å². The number of aromatic nitrogens is 3. The van der Waals surface area contributed by atoms with Crippen molar-refractivity contribution in [2.45, 2.75) is 19.4 Å². The fraction of sp³-hybridized carbons (Fsp3) is 0.222. The summed E-state index contributed by atoms with van der Waals surface area (Å²) in [5, 5.41) is 3.87. The van der Waals surface area contributed by atoms with Crippen molar-refractivity contribution in [3.05, 3.63) is 58.5 Å². The van der Waals surface area contributed by atoms with Crippen LogP contribution in [0.15, 0.2) is 51.6 Å². The number of methoxy groups -OCH3 is 1. The lowest BCUT2D eigenvalue weighted by molar-refractivity contribution is -0.145. The van der Waals surface area contributed by atoms with Crippen LogP contribution in [0.25, 0.3) is 11.5 Å². The first-order valence-electron chi connectivity index (χ1n) is 7.87. The molecular weight excluding hydrogens is 402 g/mol. The minimum Gasteiger partial charge on any atom is -0.496 e. The van der Waals surface area contributed by atoms with Gasteiger partial charge in [0.2, 0.25) is 11.7 Å². The number of pyridine rings is 1. The SMILES string of the molecule is COc1ccc(Br)cc1COC(=O)CCc1nc(-c2ccccn2)no1. The van der Waals surface area contributed by atoms with Crippen LogP contribution >= 0.6 is 15.9 Å². The van der Waals surface area contributed by atoms with Crippen LogP contribution in [0.5, 0.6) is 5.75 Å². The molecule has 26 heavy (non-hydrogen) atoms. The first-order chi connectivity index (χ1) is 12.7. The van der Waals surface area contributed by atoms with Crippen molar-refractivity contribution in [2.24, 2.45) is 0 Å². The first kappa shape index (κ1) is 18.1. The van der Waals surface area contributed by atoms with E-state index in [0.717, 1.165) is 10.0 Å². The molecule has 0 spiro atoms. The molecular formula is C18H16BrN3O4. The average Bonchev–Trinajstić information content (AvgIpc) is 3.14. The highest BCUT2D eigenvalue weighted by atomic mass is 79.9. The molecule has 0 saturated heterocycles. The van der Waals surface area contributed by atoms with Gasteiger partial charge in [-0.3, -0.25) is 9.78 Å². The Kier molecular flexibility index (Phi) is 5.96. The topological polar surface area (TPSA) is 87.3 Å². The molecule has 0 radical (unpaired) electrons. The standard InChI is InChI=1S/C18H16BrN3O4/c1-24-15-6-5-13(19)10-12(15)11-25-17(23)8-7-16-21-18(22-26-16)14-4-2-3-9-20-14/h2-6,9-10H,7-8,11H2,1H3. The molecule has 1 aromatic carbocycles. The summed E-state index contributed by atoms with van der Waals surface area (Å²) in [5.74, 6) is 1.07. The van der Waals surface area contributed by atoms with Gasteiger partial charge in [0.1, 0.15) is 18.1 Å². The van der Waals surface area contributed by atoms with Crippen LogP contribution in [0.1, 0.15) is 17.9 Å². The fourth-order valence-electron chi connectivity index (χ4n) is 2.25. The molecule has 0 amide bonds. The highest BCUT2D eigenvalue weighted by Gasteiger charge is 2.13. The summed E-state index contributed by atoms with van der Waals surface area (Å²) in [4.78, 5) is 20.4. The van der Waals surface area contributed by atoms with E-state index in [2.05, 4.69) is 31.1 Å². The van der Waals surface area contributed by atoms with Crippen molar-refractivity contribution < 1.29 is 18.8 Å². The number of esters is 1. The maximum Gasteiger partial charge on any atom is 0.306 e. The molecule has 3 aromatic rings. The zero-order valence-corrected chi connectivity index (χ0v) is 15.6. The van der Waals surface area contributed by atoms with Crippen LogP contribution in [-0.4, -0.2) is 28.2 Å². The van der Waals surface area contributed by atoms with Gasteiger partial charge in [-0.2, -0.15) is 4.98 Å². The third-order valence-corrected chi connectivity index (χ3v) is 4.03. The van der Waals surface area contributed by atoms with E-state index in [1.807, 2.05) is 24.3 Å². The van der Waals surface area contributed by atoms with Gasteiger partial charge in [0, 0.05) is 22.7 Å². The van der Waals surface area contributed by atoms with Gasteiger partial charge in [-0.15, -0.1) is 0 Å². The van der Waals surface area contributed by atoms with Crippen LogP contribution < -0.4 is 4.74 Å². The second-order valence-corrected chi connectivity index (χ2v) is 6.26. The molecule has 0 N–H and O–H groups in total. The number of hydrogen-bond acceptors (Lipinski definition) is 7. The van der Waals surface area contributed by atoms with E-state index >= 15 is 0 Å². The smallest absolute Gasteiger partial charge is 0.306 e. The first-order valence-corrected chi connectivity index (χ1v) is 8.67. The van der Waals surface area contributed by atoms with Gasteiger partial charge in [-0.05, 0) is 30.3 Å². The van der Waals surface area contributed by atoms with E-state index in [1.165, 1.54) is 0 Å². The predicted molar refractivity (Wildman–Crippen MR) is 96.3 cm³/mol. The number of nitrogens with zero attached hydrogens (tertiary/aromatic N) is 3. The van der Waals surface area contributed by atoms with E-state index in [1.54, 1.807) is 25.4 Å². The zero-order valence-electron chi connectivity index (χ0n) is 14.0. The fourth-order valence-corrected chi connectivity index (χ4v) is 2.66. The lowest BCUT2D eigenvalue weighted by Crippen LogP contribution is -2.07. The number of aryl methyl sites for hydroxylation is 1. The molecule has 0 saturated carbocycles. The molecule has 0 aliphatic rings. The molecule has 134 valence electrons. The molecule has 0 unspecified atom stereocenters. The maximum absolute atomic E-state index is 12.0. The van der Waals surface area contributed by atoms with Gasteiger partial charge in [0.15, 0.2) is 0 Å². The van der Waals surface area contributed by atoms with Crippen LogP contribution in [0.4, 0.5) is 0 Å². The Labute approximate surface area is 158 Å². The Morgan fingerprint density at radius 3 is 2.92 bits per heavy atom. The van der Waals surface area contributed by atoms with Gasteiger partial charge in [-0.1, -0.05) is 27.2 Å². The van der Waals surface area contributed by atoms with Crippen molar-refractivity contribution >= 4 is 21.9 Å². The lowest BCUT2D eigenvalue weighted by atomic mass is 10.2. The molecule has 0 aliphatic carbocycles.